The highest BCUT2D eigenvalue weighted by Gasteiger charge is 2.48. The maximum absolute atomic E-state index is 4.15. The molecule has 2 aliphatic heterocycles. The molecule has 2 nitrogen and oxygen atoms in total. The Hall–Kier alpha value is -4.95. The van der Waals surface area contributed by atoms with Crippen LogP contribution in [0.3, 0.4) is 0 Å². The molecule has 0 amide bonds. The molecule has 0 spiro atoms. The van der Waals surface area contributed by atoms with Gasteiger partial charge in [-0.05, 0) is 90.1 Å². The normalized spacial score (nSPS) is 21.8. The summed E-state index contributed by atoms with van der Waals surface area (Å²) in [6.07, 6.45) is 15.1. The van der Waals surface area contributed by atoms with Gasteiger partial charge in [0.1, 0.15) is 7.05 Å². The number of hydrogen-bond donors (Lipinski definition) is 0. The third-order valence-electron chi connectivity index (χ3n) is 10.6. The molecule has 7 rings (SSSR count). The first-order valence-corrected chi connectivity index (χ1v) is 16.4. The summed E-state index contributed by atoms with van der Waals surface area (Å²) in [5.74, 6) is 0. The molecule has 0 N–H and O–H groups in total. The fraction of sp³-hybridized carbons (Fsp3) is 0.205. The lowest BCUT2D eigenvalue weighted by Gasteiger charge is -2.28. The Morgan fingerprint density at radius 1 is 0.739 bits per heavy atom. The maximum Gasteiger partial charge on any atom is 0.210 e. The highest BCUT2D eigenvalue weighted by molar-refractivity contribution is 6.08. The summed E-state index contributed by atoms with van der Waals surface area (Å²) in [4.78, 5) is 2.36. The number of nitrogens with zero attached hydrogens (tertiary/aromatic N) is 2. The van der Waals surface area contributed by atoms with E-state index in [4.69, 9.17) is 0 Å². The number of hydrogen-bond acceptors (Lipinski definition) is 1. The van der Waals surface area contributed by atoms with Crippen LogP contribution in [0.2, 0.25) is 0 Å². The van der Waals surface area contributed by atoms with Gasteiger partial charge in [-0.1, -0.05) is 103 Å². The highest BCUT2D eigenvalue weighted by Crippen LogP contribution is 2.52. The number of benzene rings is 5. The van der Waals surface area contributed by atoms with Crippen molar-refractivity contribution in [3.63, 3.8) is 0 Å². The van der Waals surface area contributed by atoms with Crippen LogP contribution in [-0.2, 0) is 17.3 Å². The van der Waals surface area contributed by atoms with Gasteiger partial charge in [0.2, 0.25) is 5.69 Å². The van der Waals surface area contributed by atoms with E-state index in [2.05, 4.69) is 184 Å². The molecule has 5 aromatic carbocycles. The molecule has 228 valence electrons. The lowest BCUT2D eigenvalue weighted by Crippen LogP contribution is -2.33. The molecule has 0 aliphatic carbocycles. The molecule has 46 heavy (non-hydrogen) atoms. The molecule has 0 aromatic heterocycles. The summed E-state index contributed by atoms with van der Waals surface area (Å²) in [5, 5.41) is 5.23. The Labute approximate surface area is 274 Å². The molecule has 0 fully saturated rings. The van der Waals surface area contributed by atoms with E-state index in [-0.39, 0.29) is 10.8 Å². The molecule has 0 saturated heterocycles. The molecule has 2 unspecified atom stereocenters. The van der Waals surface area contributed by atoms with Crippen LogP contribution in [-0.4, -0.2) is 24.4 Å². The summed E-state index contributed by atoms with van der Waals surface area (Å²) in [5.41, 5.74) is 10.4. The monoisotopic (exact) mass is 599 g/mol. The lowest BCUT2D eigenvalue weighted by atomic mass is 9.72. The Morgan fingerprint density at radius 2 is 1.39 bits per heavy atom. The number of rotatable bonds is 7. The van der Waals surface area contributed by atoms with Crippen molar-refractivity contribution < 1.29 is 4.58 Å². The van der Waals surface area contributed by atoms with Crippen molar-refractivity contribution in [2.75, 3.05) is 19.0 Å². The van der Waals surface area contributed by atoms with Crippen molar-refractivity contribution in [2.24, 2.45) is 0 Å². The molecule has 2 heterocycles. The van der Waals surface area contributed by atoms with Crippen LogP contribution in [0.25, 0.3) is 21.5 Å². The first kappa shape index (κ1) is 29.7. The Bertz CT molecular complexity index is 2140. The molecular formula is C44H43N2+. The van der Waals surface area contributed by atoms with Gasteiger partial charge in [0.05, 0.1) is 5.41 Å². The first-order valence-electron chi connectivity index (χ1n) is 16.4. The van der Waals surface area contributed by atoms with E-state index in [9.17, 15) is 0 Å². The number of anilines is 1. The SMILES string of the molecule is C=CCC1(C)\C(=C/C=C/C=C/C2=[N+](C)c3ccc4ccccc4c3C2(C)Cc2ccccc2C)N(C)c2ccc3ccccc3c21. The van der Waals surface area contributed by atoms with Crippen molar-refractivity contribution in [1.82, 2.24) is 0 Å². The van der Waals surface area contributed by atoms with E-state index in [1.807, 2.05) is 0 Å². The van der Waals surface area contributed by atoms with Gasteiger partial charge in [-0.2, -0.15) is 4.58 Å². The summed E-state index contributed by atoms with van der Waals surface area (Å²) in [7, 11) is 4.41. The molecule has 2 atom stereocenters. The van der Waals surface area contributed by atoms with Crippen LogP contribution in [0, 0.1) is 6.92 Å². The van der Waals surface area contributed by atoms with Gasteiger partial charge >= 0.3 is 0 Å². The second-order valence-corrected chi connectivity index (χ2v) is 13.4. The van der Waals surface area contributed by atoms with E-state index in [0.717, 1.165) is 12.8 Å². The van der Waals surface area contributed by atoms with Gasteiger partial charge < -0.3 is 4.90 Å². The molecule has 2 heteroatoms. The Morgan fingerprint density at radius 3 is 2.11 bits per heavy atom. The third kappa shape index (κ3) is 4.58. The molecule has 0 saturated carbocycles. The van der Waals surface area contributed by atoms with Gasteiger partial charge in [0, 0.05) is 41.6 Å². The zero-order valence-corrected chi connectivity index (χ0v) is 27.7. The number of aryl methyl sites for hydroxylation is 1. The highest BCUT2D eigenvalue weighted by atomic mass is 15.2. The predicted molar refractivity (Wildman–Crippen MR) is 198 cm³/mol. The summed E-state index contributed by atoms with van der Waals surface area (Å²) >= 11 is 0. The minimum Gasteiger partial charge on any atom is -0.347 e. The van der Waals surface area contributed by atoms with Gasteiger partial charge in [-0.15, -0.1) is 6.58 Å². The van der Waals surface area contributed by atoms with E-state index in [1.54, 1.807) is 0 Å². The third-order valence-corrected chi connectivity index (χ3v) is 10.6. The standard InChI is InChI=1S/C44H43N2/c1-7-29-43(3)39(45(5)37-27-25-32-18-13-15-21-35(32)41(37)43)23-9-8-10-24-40-44(4,30-34-20-12-11-17-31(34)2)42-36-22-16-14-19-33(36)26-28-38(42)46(40)6/h7-28H,1,29-30H2,2-6H3/q+1. The molecule has 2 aliphatic rings. The average Bonchev–Trinajstić information content (AvgIpc) is 3.41. The van der Waals surface area contributed by atoms with Crippen LogP contribution in [0.4, 0.5) is 11.4 Å². The van der Waals surface area contributed by atoms with E-state index in [1.165, 1.54) is 66.6 Å². The second kappa shape index (κ2) is 11.4. The van der Waals surface area contributed by atoms with Crippen LogP contribution in [0.15, 0.2) is 146 Å². The molecule has 5 aromatic rings. The van der Waals surface area contributed by atoms with Gasteiger partial charge in [0.15, 0.2) is 5.71 Å². The van der Waals surface area contributed by atoms with Crippen LogP contribution in [0.5, 0.6) is 0 Å². The van der Waals surface area contributed by atoms with Crippen molar-refractivity contribution in [1.29, 1.82) is 0 Å². The minimum absolute atomic E-state index is 0.157. The summed E-state index contributed by atoms with van der Waals surface area (Å²) in [6.45, 7) is 11.2. The largest absolute Gasteiger partial charge is 0.347 e. The lowest BCUT2D eigenvalue weighted by molar-refractivity contribution is -0.401. The van der Waals surface area contributed by atoms with E-state index in [0.29, 0.717) is 0 Å². The molecule has 0 radical (unpaired) electrons. The van der Waals surface area contributed by atoms with Crippen LogP contribution < -0.4 is 4.90 Å². The predicted octanol–water partition coefficient (Wildman–Crippen LogP) is 10.5. The molecular weight excluding hydrogens is 556 g/mol. The fourth-order valence-electron chi connectivity index (χ4n) is 8.31. The quantitative estimate of drug-likeness (QED) is 0.102. The fourth-order valence-corrected chi connectivity index (χ4v) is 8.31. The van der Waals surface area contributed by atoms with Crippen molar-refractivity contribution in [3.05, 3.63) is 168 Å². The van der Waals surface area contributed by atoms with Crippen molar-refractivity contribution in [3.8, 4) is 0 Å². The minimum atomic E-state index is -0.184. The van der Waals surface area contributed by atoms with E-state index < -0.39 is 0 Å². The number of likely N-dealkylation sites (N-methyl/N-ethyl adjacent to an activating group) is 1. The number of allylic oxidation sites excluding steroid dienone is 7. The summed E-state index contributed by atoms with van der Waals surface area (Å²) < 4.78 is 2.40. The van der Waals surface area contributed by atoms with Crippen LogP contribution >= 0.6 is 0 Å². The zero-order chi connectivity index (χ0) is 32.1. The topological polar surface area (TPSA) is 6.25 Å². The zero-order valence-electron chi connectivity index (χ0n) is 27.7. The molecule has 0 bridgehead atoms. The van der Waals surface area contributed by atoms with Crippen molar-refractivity contribution in [2.45, 2.75) is 44.4 Å². The summed E-state index contributed by atoms with van der Waals surface area (Å²) in [6, 6.07) is 35.5. The van der Waals surface area contributed by atoms with Gasteiger partial charge in [-0.3, -0.25) is 0 Å². The second-order valence-electron chi connectivity index (χ2n) is 13.4. The Balaban J connectivity index is 1.26. The average molecular weight is 600 g/mol. The van der Waals surface area contributed by atoms with Crippen molar-refractivity contribution >= 4 is 38.6 Å². The first-order chi connectivity index (χ1) is 22.3. The Kier molecular flexibility index (Phi) is 7.40. The smallest absolute Gasteiger partial charge is 0.210 e. The van der Waals surface area contributed by atoms with E-state index >= 15 is 0 Å². The number of fused-ring (bicyclic) bond motifs is 6. The maximum atomic E-state index is 4.15. The van der Waals surface area contributed by atoms with Crippen LogP contribution in [0.1, 0.15) is 42.5 Å². The van der Waals surface area contributed by atoms with Gasteiger partial charge in [-0.25, -0.2) is 0 Å². The van der Waals surface area contributed by atoms with Gasteiger partial charge in [0.25, 0.3) is 0 Å².